The molecule has 7 heteroatoms. The van der Waals surface area contributed by atoms with Gasteiger partial charge in [-0.05, 0) is 97.9 Å². The molecule has 3 aromatic carbocycles. The van der Waals surface area contributed by atoms with E-state index in [4.69, 9.17) is 16.6 Å². The first-order valence-electron chi connectivity index (χ1n) is 24.0. The summed E-state index contributed by atoms with van der Waals surface area (Å²) in [6.07, 6.45) is 32.4. The van der Waals surface area contributed by atoms with E-state index in [1.54, 1.807) is 0 Å². The molecule has 0 aliphatic heterocycles. The first-order valence-corrected chi connectivity index (χ1v) is 25.4. The maximum Gasteiger partial charge on any atom is 0.303 e. The minimum atomic E-state index is -0.911. The van der Waals surface area contributed by atoms with Crippen molar-refractivity contribution >= 4 is 52.4 Å². The number of aliphatic hydroxyl groups is 1. The lowest BCUT2D eigenvalue weighted by atomic mass is 9.90. The van der Waals surface area contributed by atoms with E-state index in [1.165, 1.54) is 102 Å². The predicted molar refractivity (Wildman–Crippen MR) is 268 cm³/mol. The molecule has 1 saturated carbocycles. The molecular formula is C56H74ClN2O3S+. The topological polar surface area (TPSA) is 74.3 Å². The van der Waals surface area contributed by atoms with E-state index in [0.717, 1.165) is 64.7 Å². The second kappa shape index (κ2) is 26.7. The molecule has 0 saturated heterocycles. The molecule has 2 N–H and O–H groups in total. The van der Waals surface area contributed by atoms with Gasteiger partial charge in [0.25, 0.3) is 0 Å². The lowest BCUT2D eigenvalue weighted by molar-refractivity contribution is -0.697. The molecule has 1 atom stereocenters. The number of pyridine rings is 2. The Labute approximate surface area is 388 Å². The van der Waals surface area contributed by atoms with E-state index < -0.39 is 11.6 Å². The Morgan fingerprint density at radius 2 is 1.44 bits per heavy atom. The van der Waals surface area contributed by atoms with Gasteiger partial charge in [0.05, 0.1) is 23.2 Å². The number of fused-ring (bicyclic) bond motifs is 1. The van der Waals surface area contributed by atoms with Crippen LogP contribution in [0.4, 0.5) is 0 Å². The zero-order valence-corrected chi connectivity index (χ0v) is 40.0. The monoisotopic (exact) mass is 890 g/mol. The van der Waals surface area contributed by atoms with Crippen LogP contribution >= 0.6 is 23.4 Å². The van der Waals surface area contributed by atoms with Gasteiger partial charge < -0.3 is 10.2 Å². The smallest absolute Gasteiger partial charge is 0.303 e. The molecule has 0 unspecified atom stereocenters. The van der Waals surface area contributed by atoms with E-state index in [9.17, 15) is 15.0 Å². The van der Waals surface area contributed by atoms with Gasteiger partial charge in [0.15, 0.2) is 12.4 Å². The van der Waals surface area contributed by atoms with Crippen LogP contribution in [0.15, 0.2) is 109 Å². The Morgan fingerprint density at radius 3 is 2.10 bits per heavy atom. The van der Waals surface area contributed by atoms with Crippen molar-refractivity contribution in [3.05, 3.63) is 142 Å². The van der Waals surface area contributed by atoms with Crippen molar-refractivity contribution < 1.29 is 19.6 Å². The lowest BCUT2D eigenvalue weighted by Crippen LogP contribution is -2.32. The highest BCUT2D eigenvalue weighted by Gasteiger charge is 2.44. The van der Waals surface area contributed by atoms with Crippen molar-refractivity contribution in [3.63, 3.8) is 0 Å². The van der Waals surface area contributed by atoms with Gasteiger partial charge in [-0.2, -0.15) is 11.8 Å². The van der Waals surface area contributed by atoms with E-state index in [2.05, 4.69) is 84.6 Å². The van der Waals surface area contributed by atoms with Crippen LogP contribution in [0.1, 0.15) is 170 Å². The minimum absolute atomic E-state index is 0.0814. The van der Waals surface area contributed by atoms with Crippen molar-refractivity contribution in [1.82, 2.24) is 4.98 Å². The number of benzene rings is 3. The molecule has 5 aromatic rings. The van der Waals surface area contributed by atoms with Gasteiger partial charge >= 0.3 is 5.97 Å². The fourth-order valence-corrected chi connectivity index (χ4v) is 10.2. The number of aryl methyl sites for hydroxylation is 2. The zero-order valence-electron chi connectivity index (χ0n) is 38.5. The molecular weight excluding hydrogens is 816 g/mol. The number of hydrogen-bond acceptors (Lipinski definition) is 4. The molecule has 6 rings (SSSR count). The van der Waals surface area contributed by atoms with Crippen LogP contribution in [-0.4, -0.2) is 26.9 Å². The van der Waals surface area contributed by atoms with E-state index >= 15 is 0 Å². The third-order valence-electron chi connectivity index (χ3n) is 12.4. The number of hydrogen-bond donors (Lipinski definition) is 2. The van der Waals surface area contributed by atoms with Crippen LogP contribution in [0.2, 0.25) is 5.02 Å². The third-order valence-corrected chi connectivity index (χ3v) is 14.3. The normalized spacial score (nSPS) is 13.8. The van der Waals surface area contributed by atoms with Crippen LogP contribution in [-0.2, 0) is 23.4 Å². The first kappa shape index (κ1) is 50.0. The van der Waals surface area contributed by atoms with Gasteiger partial charge in [-0.15, -0.1) is 0 Å². The van der Waals surface area contributed by atoms with Gasteiger partial charge in [-0.1, -0.05) is 168 Å². The molecule has 0 radical (unpaired) electrons. The highest BCUT2D eigenvalue weighted by atomic mass is 35.5. The Balaban J connectivity index is 0.000000288. The number of aliphatic carboxylic acids is 1. The number of rotatable bonds is 27. The van der Waals surface area contributed by atoms with Crippen LogP contribution in [0.3, 0.4) is 0 Å². The van der Waals surface area contributed by atoms with Gasteiger partial charge in [-0.3, -0.25) is 4.79 Å². The summed E-state index contributed by atoms with van der Waals surface area (Å²) >= 11 is 8.04. The van der Waals surface area contributed by atoms with E-state index in [0.29, 0.717) is 5.02 Å². The number of nitrogens with zero attached hydrogens (tertiary/aromatic N) is 2. The number of thioether (sulfide) groups is 1. The molecule has 0 spiro atoms. The summed E-state index contributed by atoms with van der Waals surface area (Å²) in [6.45, 7) is 7.13. The molecule has 0 bridgehead atoms. The van der Waals surface area contributed by atoms with Crippen molar-refractivity contribution in [2.24, 2.45) is 5.41 Å². The van der Waals surface area contributed by atoms with E-state index in [-0.39, 0.29) is 17.1 Å². The van der Waals surface area contributed by atoms with Crippen molar-refractivity contribution in [2.45, 2.75) is 160 Å². The quantitative estimate of drug-likeness (QED) is 0.0406. The second-order valence-corrected chi connectivity index (χ2v) is 20.0. The number of aromatic nitrogens is 2. The molecule has 1 aliphatic rings. The zero-order chi connectivity index (χ0) is 44.8. The van der Waals surface area contributed by atoms with Gasteiger partial charge in [0, 0.05) is 40.0 Å². The van der Waals surface area contributed by atoms with Gasteiger partial charge in [-0.25, -0.2) is 9.55 Å². The maximum absolute atomic E-state index is 11.5. The number of unbranched alkanes of at least 4 members (excludes halogenated alkanes) is 13. The second-order valence-electron chi connectivity index (χ2n) is 18.4. The first-order chi connectivity index (χ1) is 30.5. The summed E-state index contributed by atoms with van der Waals surface area (Å²) in [5, 5.41) is 22.1. The van der Waals surface area contributed by atoms with Crippen LogP contribution in [0, 0.1) is 5.41 Å². The highest BCUT2D eigenvalue weighted by Crippen LogP contribution is 2.53. The molecule has 1 aliphatic carbocycles. The largest absolute Gasteiger partial charge is 0.481 e. The van der Waals surface area contributed by atoms with Crippen molar-refractivity contribution in [2.75, 3.05) is 5.75 Å². The van der Waals surface area contributed by atoms with Gasteiger partial charge in [0.1, 0.15) is 6.54 Å². The average molecular weight is 891 g/mol. The van der Waals surface area contributed by atoms with Crippen molar-refractivity contribution in [1.29, 1.82) is 0 Å². The standard InChI is InChI=1S/C35H36ClNO3S.C21H38N/c1-34(2,40)30-9-4-3-7-25(30)13-17-32(41-23-35(18-19-35)22-33(38)39)27-8-5-6-24(20-27)10-15-29-16-12-26-11-14-28(36)21-31(26)37-29;1-2-3-4-5-6-7-8-9-10-11-12-13-14-16-19-22-20-17-15-18-21-22/h3-12,14-16,20-21,32,40H,13,17-19,22-23H2,1-2H3,(H,38,39);15,17-18,20-21H,2-14,16,19H2,1H3/q;+1/t32-;/m1./s1. The SMILES string of the molecule is CC(C)(O)c1ccccc1CC[C@@H](SCC1(CC(=O)O)CC1)c1cccc(C=Cc2ccc3ccc(Cl)cc3n2)c1.CCCCCCCCCCCCCCCC[n+]1ccccc1. The third kappa shape index (κ3) is 18.6. The molecule has 0 amide bonds. The Hall–Kier alpha value is -3.97. The van der Waals surface area contributed by atoms with Gasteiger partial charge in [0.2, 0.25) is 0 Å². The maximum atomic E-state index is 11.5. The number of carboxylic acid groups (broad SMARTS) is 1. The summed E-state index contributed by atoms with van der Waals surface area (Å²) in [6, 6.07) is 32.8. The summed E-state index contributed by atoms with van der Waals surface area (Å²) in [4.78, 5) is 16.2. The molecule has 1 fully saturated rings. The van der Waals surface area contributed by atoms with Crippen LogP contribution < -0.4 is 4.57 Å². The summed E-state index contributed by atoms with van der Waals surface area (Å²) in [7, 11) is 0. The molecule has 5 nitrogen and oxygen atoms in total. The Kier molecular flexibility index (Phi) is 21.2. The number of carboxylic acids is 1. The molecule has 63 heavy (non-hydrogen) atoms. The lowest BCUT2D eigenvalue weighted by Gasteiger charge is -2.24. The average Bonchev–Trinajstić information content (AvgIpc) is 4.04. The summed E-state index contributed by atoms with van der Waals surface area (Å²) < 4.78 is 2.29. The summed E-state index contributed by atoms with van der Waals surface area (Å²) in [5.74, 6) is 0.122. The van der Waals surface area contributed by atoms with E-state index in [1.807, 2.05) is 74.1 Å². The molecule has 338 valence electrons. The van der Waals surface area contributed by atoms with Crippen molar-refractivity contribution in [3.8, 4) is 0 Å². The predicted octanol–water partition coefficient (Wildman–Crippen LogP) is 15.4. The fourth-order valence-electron chi connectivity index (χ4n) is 8.43. The number of carbonyl (C=O) groups is 1. The fraction of sp³-hybridized carbons (Fsp3) is 0.482. The Morgan fingerprint density at radius 1 is 0.794 bits per heavy atom. The summed E-state index contributed by atoms with van der Waals surface area (Å²) in [5.41, 5.74) is 5.15. The highest BCUT2D eigenvalue weighted by molar-refractivity contribution is 7.99. The van der Waals surface area contributed by atoms with Crippen LogP contribution in [0.25, 0.3) is 23.1 Å². The molecule has 2 heterocycles. The molecule has 2 aromatic heterocycles. The van der Waals surface area contributed by atoms with Crippen LogP contribution in [0.5, 0.6) is 0 Å². The number of halogens is 1. The minimum Gasteiger partial charge on any atom is -0.481 e. The Bertz CT molecular complexity index is 2130.